The van der Waals surface area contributed by atoms with E-state index >= 15 is 0 Å². The zero-order valence-corrected chi connectivity index (χ0v) is 21.9. The lowest BCUT2D eigenvalue weighted by Crippen LogP contribution is -2.53. The van der Waals surface area contributed by atoms with Crippen molar-refractivity contribution < 1.29 is 24.2 Å². The Bertz CT molecular complexity index is 981. The topological polar surface area (TPSA) is 111 Å². The molecule has 3 amide bonds. The van der Waals surface area contributed by atoms with Crippen LogP contribution in [0, 0.1) is 11.8 Å². The molecule has 0 aromatic heterocycles. The molecule has 1 aromatic carbocycles. The van der Waals surface area contributed by atoms with E-state index < -0.39 is 29.1 Å². The van der Waals surface area contributed by atoms with Gasteiger partial charge in [-0.15, -0.1) is 0 Å². The quantitative estimate of drug-likeness (QED) is 0.402. The van der Waals surface area contributed by atoms with Gasteiger partial charge in [-0.05, 0) is 77.1 Å². The van der Waals surface area contributed by atoms with Crippen LogP contribution in [0.1, 0.15) is 52.9 Å². The van der Waals surface area contributed by atoms with Crippen LogP contribution in [-0.2, 0) is 19.1 Å². The molecule has 36 heavy (non-hydrogen) atoms. The molecule has 3 N–H and O–H groups in total. The van der Waals surface area contributed by atoms with E-state index in [4.69, 9.17) is 9.84 Å². The van der Waals surface area contributed by atoms with E-state index in [9.17, 15) is 14.4 Å². The standard InChI is InChI=1S/C27H40N4O5/c1-5-30(6-2)19-12-10-18(11-13-19)29-24(34)22-27-15-14-26(3,36-27)20(23(33)28-4)21(27)25(35)31(22)16-8-7-9-17-32/h10-13,20-22,32H,5-9,14-17H2,1-4H3,(H,28,33)(H,29,34)/t20-,21+,22?,26+,27?/m1/s1. The van der Waals surface area contributed by atoms with Gasteiger partial charge in [-0.25, -0.2) is 0 Å². The summed E-state index contributed by atoms with van der Waals surface area (Å²) >= 11 is 0. The molecule has 9 heteroatoms. The monoisotopic (exact) mass is 500 g/mol. The highest BCUT2D eigenvalue weighted by atomic mass is 16.5. The zero-order valence-electron chi connectivity index (χ0n) is 21.9. The SMILES string of the molecule is CCN(CC)c1ccc(NC(=O)C2N(CCCCCO)C(=O)[C@@H]3[C@H](C(=O)NC)[C@]4(C)CCC23O4)cc1. The Kier molecular flexibility index (Phi) is 7.61. The number of aliphatic hydroxyl groups excluding tert-OH is 1. The Morgan fingerprint density at radius 3 is 2.42 bits per heavy atom. The highest BCUT2D eigenvalue weighted by Crippen LogP contribution is 2.63. The number of likely N-dealkylation sites (tertiary alicyclic amines) is 1. The van der Waals surface area contributed by atoms with Crippen LogP contribution in [0.15, 0.2) is 24.3 Å². The normalized spacial score (nSPS) is 30.4. The summed E-state index contributed by atoms with van der Waals surface area (Å²) in [5.74, 6) is -2.01. The number of nitrogens with one attached hydrogen (secondary N) is 2. The highest BCUT2D eigenvalue weighted by molar-refractivity contribution is 6.03. The number of amides is 3. The molecular weight excluding hydrogens is 460 g/mol. The van der Waals surface area contributed by atoms with Crippen LogP contribution in [0.25, 0.3) is 0 Å². The first-order chi connectivity index (χ1) is 17.3. The van der Waals surface area contributed by atoms with Crippen molar-refractivity contribution in [1.29, 1.82) is 0 Å². The van der Waals surface area contributed by atoms with Gasteiger partial charge in [-0.3, -0.25) is 14.4 Å². The maximum absolute atomic E-state index is 13.8. The Morgan fingerprint density at radius 1 is 1.11 bits per heavy atom. The van der Waals surface area contributed by atoms with Crippen LogP contribution < -0.4 is 15.5 Å². The van der Waals surface area contributed by atoms with E-state index in [0.29, 0.717) is 37.9 Å². The molecule has 3 saturated heterocycles. The largest absolute Gasteiger partial charge is 0.396 e. The second-order valence-corrected chi connectivity index (χ2v) is 10.4. The van der Waals surface area contributed by atoms with Gasteiger partial charge >= 0.3 is 0 Å². The lowest BCUT2D eigenvalue weighted by molar-refractivity contribution is -0.144. The van der Waals surface area contributed by atoms with Gasteiger partial charge in [-0.2, -0.15) is 0 Å². The van der Waals surface area contributed by atoms with Gasteiger partial charge in [0.15, 0.2) is 0 Å². The number of carbonyl (C=O) groups excluding carboxylic acids is 3. The van der Waals surface area contributed by atoms with E-state index in [-0.39, 0.29) is 24.3 Å². The summed E-state index contributed by atoms with van der Waals surface area (Å²) in [6, 6.07) is 6.91. The summed E-state index contributed by atoms with van der Waals surface area (Å²) in [7, 11) is 1.57. The third-order valence-corrected chi connectivity index (χ3v) is 8.37. The number of hydrogen-bond acceptors (Lipinski definition) is 6. The molecule has 198 valence electrons. The number of benzene rings is 1. The number of anilines is 2. The first-order valence-electron chi connectivity index (χ1n) is 13.2. The van der Waals surface area contributed by atoms with Crippen molar-refractivity contribution in [3.63, 3.8) is 0 Å². The molecule has 0 radical (unpaired) electrons. The number of hydrogen-bond donors (Lipinski definition) is 3. The van der Waals surface area contributed by atoms with Gasteiger partial charge in [0.1, 0.15) is 11.6 Å². The van der Waals surface area contributed by atoms with Gasteiger partial charge in [-0.1, -0.05) is 0 Å². The highest BCUT2D eigenvalue weighted by Gasteiger charge is 2.77. The molecule has 2 bridgehead atoms. The number of nitrogens with zero attached hydrogens (tertiary/aromatic N) is 2. The fourth-order valence-electron chi connectivity index (χ4n) is 6.65. The number of unbranched alkanes of at least 4 members (excludes halogenated alkanes) is 2. The van der Waals surface area contributed by atoms with Crippen molar-refractivity contribution >= 4 is 29.1 Å². The first-order valence-corrected chi connectivity index (χ1v) is 13.2. The molecule has 1 aromatic rings. The lowest BCUT2D eigenvalue weighted by atomic mass is 9.66. The fourth-order valence-corrected chi connectivity index (χ4v) is 6.65. The molecule has 5 atom stereocenters. The number of rotatable bonds is 11. The Morgan fingerprint density at radius 2 is 1.81 bits per heavy atom. The molecule has 2 unspecified atom stereocenters. The van der Waals surface area contributed by atoms with Crippen molar-refractivity contribution in [1.82, 2.24) is 10.2 Å². The van der Waals surface area contributed by atoms with Gasteiger partial charge < -0.3 is 30.3 Å². The Labute approximate surface area is 213 Å². The maximum Gasteiger partial charge on any atom is 0.250 e. The number of carbonyl (C=O) groups is 3. The fraction of sp³-hybridized carbons (Fsp3) is 0.667. The minimum Gasteiger partial charge on any atom is -0.396 e. The summed E-state index contributed by atoms with van der Waals surface area (Å²) in [4.78, 5) is 44.4. The van der Waals surface area contributed by atoms with E-state index in [2.05, 4.69) is 29.4 Å². The van der Waals surface area contributed by atoms with E-state index in [1.54, 1.807) is 11.9 Å². The molecular formula is C27H40N4O5. The number of fused-ring (bicyclic) bond motifs is 1. The van der Waals surface area contributed by atoms with Crippen LogP contribution >= 0.6 is 0 Å². The molecule has 0 saturated carbocycles. The maximum atomic E-state index is 13.8. The smallest absolute Gasteiger partial charge is 0.250 e. The van der Waals surface area contributed by atoms with Crippen LogP contribution in [0.4, 0.5) is 11.4 Å². The van der Waals surface area contributed by atoms with Crippen LogP contribution in [0.5, 0.6) is 0 Å². The summed E-state index contributed by atoms with van der Waals surface area (Å²) < 4.78 is 6.56. The molecule has 3 aliphatic rings. The zero-order chi connectivity index (χ0) is 26.1. The predicted molar refractivity (Wildman–Crippen MR) is 138 cm³/mol. The van der Waals surface area contributed by atoms with Crippen LogP contribution in [0.2, 0.25) is 0 Å². The molecule has 1 spiro atoms. The van der Waals surface area contributed by atoms with Crippen molar-refractivity contribution in [2.24, 2.45) is 11.8 Å². The number of aliphatic hydroxyl groups is 1. The predicted octanol–water partition coefficient (Wildman–Crippen LogP) is 2.14. The lowest BCUT2D eigenvalue weighted by Gasteiger charge is -2.33. The first kappa shape index (κ1) is 26.4. The van der Waals surface area contributed by atoms with Crippen molar-refractivity contribution in [2.45, 2.75) is 70.1 Å². The third kappa shape index (κ3) is 4.26. The molecule has 4 rings (SSSR count). The van der Waals surface area contributed by atoms with Gasteiger partial charge in [0.25, 0.3) is 0 Å². The van der Waals surface area contributed by atoms with Crippen molar-refractivity contribution in [3.8, 4) is 0 Å². The summed E-state index contributed by atoms with van der Waals surface area (Å²) in [6.45, 7) is 8.35. The summed E-state index contributed by atoms with van der Waals surface area (Å²) in [5.41, 5.74) is -0.0548. The second kappa shape index (κ2) is 10.4. The molecule has 3 heterocycles. The minimum absolute atomic E-state index is 0.0914. The van der Waals surface area contributed by atoms with E-state index in [1.165, 1.54) is 0 Å². The van der Waals surface area contributed by atoms with E-state index in [0.717, 1.165) is 25.2 Å². The van der Waals surface area contributed by atoms with Gasteiger partial charge in [0.2, 0.25) is 17.7 Å². The van der Waals surface area contributed by atoms with Crippen molar-refractivity contribution in [3.05, 3.63) is 24.3 Å². The van der Waals surface area contributed by atoms with Gasteiger partial charge in [0.05, 0.1) is 17.4 Å². The molecule has 0 aliphatic carbocycles. The molecule has 3 aliphatic heterocycles. The molecule has 3 fully saturated rings. The van der Waals surface area contributed by atoms with Crippen molar-refractivity contribution in [2.75, 3.05) is 43.5 Å². The summed E-state index contributed by atoms with van der Waals surface area (Å²) in [6.07, 6.45) is 3.23. The van der Waals surface area contributed by atoms with Crippen LogP contribution in [-0.4, -0.2) is 78.3 Å². The average Bonchev–Trinajstić information content (AvgIpc) is 3.44. The second-order valence-electron chi connectivity index (χ2n) is 10.4. The Balaban J connectivity index is 1.62. The average molecular weight is 501 g/mol. The number of ether oxygens (including phenoxy) is 1. The summed E-state index contributed by atoms with van der Waals surface area (Å²) in [5, 5.41) is 14.9. The molecule has 9 nitrogen and oxygen atoms in total. The Hall–Kier alpha value is -2.65. The third-order valence-electron chi connectivity index (χ3n) is 8.37. The van der Waals surface area contributed by atoms with E-state index in [1.807, 2.05) is 31.2 Å². The minimum atomic E-state index is -1.02. The van der Waals surface area contributed by atoms with Gasteiger partial charge in [0, 0.05) is 44.7 Å². The van der Waals surface area contributed by atoms with Crippen LogP contribution in [0.3, 0.4) is 0 Å².